The van der Waals surface area contributed by atoms with Gasteiger partial charge in [0.05, 0.1) is 12.1 Å². The van der Waals surface area contributed by atoms with Gasteiger partial charge in [0.15, 0.2) is 5.58 Å². The van der Waals surface area contributed by atoms with Crippen LogP contribution in [-0.2, 0) is 0 Å². The largest absolute Gasteiger partial charge is 0.436 e. The third kappa shape index (κ3) is 3.95. The molecule has 0 bridgehead atoms. The molecule has 0 spiro atoms. The fourth-order valence-electron chi connectivity index (χ4n) is 3.40. The highest BCUT2D eigenvalue weighted by atomic mass is 35.5. The smallest absolute Gasteiger partial charge is 0.251 e. The van der Waals surface area contributed by atoms with Crippen molar-refractivity contribution in [2.75, 3.05) is 0 Å². The Morgan fingerprint density at radius 3 is 2.59 bits per heavy atom. The molecule has 3 aromatic rings. The zero-order valence-electron chi connectivity index (χ0n) is 14.4. The summed E-state index contributed by atoms with van der Waals surface area (Å²) in [6.07, 6.45) is 3.02. The second-order valence-corrected chi connectivity index (χ2v) is 7.66. The summed E-state index contributed by atoms with van der Waals surface area (Å²) >= 11 is 12.1. The summed E-state index contributed by atoms with van der Waals surface area (Å²) in [4.78, 5) is 17.0. The van der Waals surface area contributed by atoms with Crippen molar-refractivity contribution in [2.24, 2.45) is 0 Å². The number of aromatic nitrogens is 1. The number of nitrogens with zero attached hydrogens (tertiary/aromatic N) is 1. The van der Waals surface area contributed by atoms with Crippen molar-refractivity contribution in [3.8, 4) is 11.5 Å². The maximum atomic E-state index is 12.5. The van der Waals surface area contributed by atoms with E-state index >= 15 is 0 Å². The molecule has 0 aliphatic heterocycles. The molecular weight excluding hydrogens is 387 g/mol. The molecule has 1 heterocycles. The van der Waals surface area contributed by atoms with E-state index in [1.165, 1.54) is 0 Å². The van der Waals surface area contributed by atoms with Crippen molar-refractivity contribution >= 4 is 40.2 Å². The standard InChI is InChI=1S/C20H18Cl2N2O3/c21-13-7-12(8-14(22)10-13)20-24-16-6-5-11(9-18(16)27-20)19(26)23-15-3-1-2-4-17(15)25/h5-10,15,17,25H,1-4H2,(H,23,26)/t15-,17-/m1/s1. The number of benzene rings is 2. The van der Waals surface area contributed by atoms with Crippen molar-refractivity contribution < 1.29 is 14.3 Å². The monoisotopic (exact) mass is 404 g/mol. The molecule has 2 aromatic carbocycles. The molecule has 0 saturated heterocycles. The topological polar surface area (TPSA) is 75.4 Å². The van der Waals surface area contributed by atoms with Crippen LogP contribution in [0.4, 0.5) is 0 Å². The Labute approximate surface area is 166 Å². The van der Waals surface area contributed by atoms with E-state index in [1.807, 2.05) is 0 Å². The number of aliphatic hydroxyl groups excluding tert-OH is 1. The van der Waals surface area contributed by atoms with Gasteiger partial charge in [0.2, 0.25) is 5.89 Å². The molecule has 0 radical (unpaired) electrons. The number of carbonyl (C=O) groups is 1. The quantitative estimate of drug-likeness (QED) is 0.654. The van der Waals surface area contributed by atoms with Crippen LogP contribution in [0.3, 0.4) is 0 Å². The molecule has 1 amide bonds. The van der Waals surface area contributed by atoms with E-state index in [-0.39, 0.29) is 11.9 Å². The number of fused-ring (bicyclic) bond motifs is 1. The highest BCUT2D eigenvalue weighted by molar-refractivity contribution is 6.35. The van der Waals surface area contributed by atoms with Crippen molar-refractivity contribution in [1.82, 2.24) is 10.3 Å². The minimum absolute atomic E-state index is 0.208. The number of hydrogen-bond acceptors (Lipinski definition) is 4. The molecule has 1 saturated carbocycles. The predicted octanol–water partition coefficient (Wildman–Crippen LogP) is 4.83. The van der Waals surface area contributed by atoms with Gasteiger partial charge in [0.1, 0.15) is 5.52 Å². The van der Waals surface area contributed by atoms with Gasteiger partial charge in [-0.25, -0.2) is 4.98 Å². The van der Waals surface area contributed by atoms with Crippen LogP contribution in [-0.4, -0.2) is 28.1 Å². The molecule has 1 fully saturated rings. The fourth-order valence-corrected chi connectivity index (χ4v) is 3.92. The van der Waals surface area contributed by atoms with Gasteiger partial charge in [0, 0.05) is 21.2 Å². The molecule has 27 heavy (non-hydrogen) atoms. The predicted molar refractivity (Wildman–Crippen MR) is 105 cm³/mol. The van der Waals surface area contributed by atoms with E-state index in [9.17, 15) is 9.90 Å². The SMILES string of the molecule is O=C(N[C@@H]1CCCC[C@H]1O)c1ccc2nc(-c3cc(Cl)cc(Cl)c3)oc2c1. The fraction of sp³-hybridized carbons (Fsp3) is 0.300. The van der Waals surface area contributed by atoms with Crippen molar-refractivity contribution in [3.63, 3.8) is 0 Å². The van der Waals surface area contributed by atoms with Crippen LogP contribution < -0.4 is 5.32 Å². The molecule has 2 atom stereocenters. The summed E-state index contributed by atoms with van der Waals surface area (Å²) in [5, 5.41) is 13.9. The van der Waals surface area contributed by atoms with E-state index in [4.69, 9.17) is 27.6 Å². The Balaban J connectivity index is 1.59. The summed E-state index contributed by atoms with van der Waals surface area (Å²) in [6, 6.07) is 9.96. The van der Waals surface area contributed by atoms with E-state index in [0.717, 1.165) is 25.7 Å². The lowest BCUT2D eigenvalue weighted by Gasteiger charge is -2.28. The second kappa shape index (κ2) is 7.50. The first kappa shape index (κ1) is 18.3. The maximum Gasteiger partial charge on any atom is 0.251 e. The number of hydrogen-bond donors (Lipinski definition) is 2. The molecule has 1 aliphatic rings. The first-order valence-corrected chi connectivity index (χ1v) is 9.61. The van der Waals surface area contributed by atoms with Crippen LogP contribution in [0.15, 0.2) is 40.8 Å². The average Bonchev–Trinajstić information content (AvgIpc) is 3.06. The van der Waals surface area contributed by atoms with E-state index in [2.05, 4.69) is 10.3 Å². The maximum absolute atomic E-state index is 12.5. The van der Waals surface area contributed by atoms with E-state index in [0.29, 0.717) is 38.2 Å². The molecule has 140 valence electrons. The van der Waals surface area contributed by atoms with Crippen molar-refractivity contribution in [2.45, 2.75) is 37.8 Å². The highest BCUT2D eigenvalue weighted by Crippen LogP contribution is 2.29. The lowest BCUT2D eigenvalue weighted by Crippen LogP contribution is -2.45. The third-order valence-corrected chi connectivity index (χ3v) is 5.24. The summed E-state index contributed by atoms with van der Waals surface area (Å²) < 4.78 is 5.81. The van der Waals surface area contributed by atoms with Gasteiger partial charge >= 0.3 is 0 Å². The van der Waals surface area contributed by atoms with Gasteiger partial charge < -0.3 is 14.8 Å². The van der Waals surface area contributed by atoms with E-state index in [1.54, 1.807) is 36.4 Å². The van der Waals surface area contributed by atoms with Crippen LogP contribution in [0.25, 0.3) is 22.6 Å². The van der Waals surface area contributed by atoms with Crippen LogP contribution in [0.5, 0.6) is 0 Å². The van der Waals surface area contributed by atoms with Crippen LogP contribution in [0, 0.1) is 0 Å². The number of oxazole rings is 1. The first-order chi connectivity index (χ1) is 13.0. The summed E-state index contributed by atoms with van der Waals surface area (Å²) in [5.74, 6) is 0.154. The Kier molecular flexibility index (Phi) is 5.08. The Morgan fingerprint density at radius 1 is 1.11 bits per heavy atom. The lowest BCUT2D eigenvalue weighted by molar-refractivity contribution is 0.0717. The minimum atomic E-state index is -0.490. The van der Waals surface area contributed by atoms with Crippen molar-refractivity contribution in [1.29, 1.82) is 0 Å². The van der Waals surface area contributed by atoms with E-state index < -0.39 is 6.10 Å². The summed E-state index contributed by atoms with van der Waals surface area (Å²) in [7, 11) is 0. The molecule has 2 N–H and O–H groups in total. The van der Waals surface area contributed by atoms with Gasteiger partial charge in [-0.1, -0.05) is 36.0 Å². The summed E-state index contributed by atoms with van der Waals surface area (Å²) in [5.41, 5.74) is 2.26. The first-order valence-electron chi connectivity index (χ1n) is 8.85. The van der Waals surface area contributed by atoms with Crippen molar-refractivity contribution in [3.05, 3.63) is 52.0 Å². The Morgan fingerprint density at radius 2 is 1.85 bits per heavy atom. The molecule has 7 heteroatoms. The zero-order valence-corrected chi connectivity index (χ0v) is 15.9. The number of rotatable bonds is 3. The molecule has 0 unspecified atom stereocenters. The number of carbonyl (C=O) groups excluding carboxylic acids is 1. The number of amides is 1. The van der Waals surface area contributed by atoms with Gasteiger partial charge in [0.25, 0.3) is 5.91 Å². The molecule has 4 rings (SSSR count). The zero-order chi connectivity index (χ0) is 19.0. The third-order valence-electron chi connectivity index (χ3n) is 4.81. The second-order valence-electron chi connectivity index (χ2n) is 6.79. The molecular formula is C20H18Cl2N2O3. The average molecular weight is 405 g/mol. The Bertz CT molecular complexity index is 982. The van der Waals surface area contributed by atoms with Gasteiger partial charge in [-0.15, -0.1) is 0 Å². The molecule has 5 nitrogen and oxygen atoms in total. The van der Waals surface area contributed by atoms with Gasteiger partial charge in [-0.2, -0.15) is 0 Å². The van der Waals surface area contributed by atoms with Crippen LogP contribution in [0.1, 0.15) is 36.0 Å². The number of halogens is 2. The Hall–Kier alpha value is -2.08. The normalized spacial score (nSPS) is 20.0. The van der Waals surface area contributed by atoms with Crippen LogP contribution >= 0.6 is 23.2 Å². The summed E-state index contributed by atoms with van der Waals surface area (Å²) in [6.45, 7) is 0. The minimum Gasteiger partial charge on any atom is -0.436 e. The number of nitrogens with one attached hydrogen (secondary N) is 1. The van der Waals surface area contributed by atoms with Crippen LogP contribution in [0.2, 0.25) is 10.0 Å². The lowest BCUT2D eigenvalue weighted by atomic mass is 9.92. The van der Waals surface area contributed by atoms with Gasteiger partial charge in [-0.3, -0.25) is 4.79 Å². The highest BCUT2D eigenvalue weighted by Gasteiger charge is 2.25. The molecule has 1 aromatic heterocycles. The number of aliphatic hydroxyl groups is 1. The molecule has 1 aliphatic carbocycles. The van der Waals surface area contributed by atoms with Gasteiger partial charge in [-0.05, 0) is 49.2 Å².